The Labute approximate surface area is 56.5 Å². The predicted molar refractivity (Wildman–Crippen MR) is 38.9 cm³/mol. The van der Waals surface area contributed by atoms with Gasteiger partial charge in [-0.15, -0.1) is 11.8 Å². The number of halogens is 1. The second-order valence-electron chi connectivity index (χ2n) is 1.60. The maximum absolute atomic E-state index is 3.48. The summed E-state index contributed by atoms with van der Waals surface area (Å²) in [6, 6.07) is 0. The minimum atomic E-state index is 0.637. The Bertz CT molecular complexity index is 98.3. The van der Waals surface area contributed by atoms with Crippen molar-refractivity contribution in [2.45, 2.75) is 11.8 Å². The maximum Gasteiger partial charge on any atom is 0.0429 e. The van der Waals surface area contributed by atoms with E-state index in [4.69, 9.17) is 0 Å². The standard InChI is InChI=1S/C5H7BrS/c1-4-2-5(6)3-7-4/h2,5H,3H2,1H3. The molecule has 0 bridgehead atoms. The molecular weight excluding hydrogens is 172 g/mol. The van der Waals surface area contributed by atoms with Crippen molar-refractivity contribution in [2.75, 3.05) is 5.75 Å². The molecule has 0 aliphatic carbocycles. The Morgan fingerprint density at radius 2 is 2.71 bits per heavy atom. The molecule has 0 amide bonds. The topological polar surface area (TPSA) is 0 Å². The molecule has 1 unspecified atom stereocenters. The van der Waals surface area contributed by atoms with E-state index in [9.17, 15) is 0 Å². The molecular formula is C5H7BrS. The number of allylic oxidation sites excluding steroid dienone is 2. The van der Waals surface area contributed by atoms with Gasteiger partial charge in [0.05, 0.1) is 0 Å². The first-order valence-corrected chi connectivity index (χ1v) is 4.14. The van der Waals surface area contributed by atoms with Gasteiger partial charge in [0, 0.05) is 10.6 Å². The summed E-state index contributed by atoms with van der Waals surface area (Å²) in [6.07, 6.45) is 2.24. The van der Waals surface area contributed by atoms with Crippen LogP contribution in [0.25, 0.3) is 0 Å². The first kappa shape index (κ1) is 5.70. The third-order valence-corrected chi connectivity index (χ3v) is 3.02. The van der Waals surface area contributed by atoms with Gasteiger partial charge < -0.3 is 0 Å². The van der Waals surface area contributed by atoms with Crippen molar-refractivity contribution in [3.63, 3.8) is 0 Å². The second kappa shape index (κ2) is 2.23. The van der Waals surface area contributed by atoms with Gasteiger partial charge in [0.1, 0.15) is 0 Å². The van der Waals surface area contributed by atoms with Gasteiger partial charge in [0.15, 0.2) is 0 Å². The molecule has 1 rings (SSSR count). The van der Waals surface area contributed by atoms with Gasteiger partial charge in [-0.1, -0.05) is 22.0 Å². The normalized spacial score (nSPS) is 30.6. The molecule has 0 aromatic heterocycles. The number of hydrogen-bond donors (Lipinski definition) is 0. The minimum absolute atomic E-state index is 0.637. The van der Waals surface area contributed by atoms with Gasteiger partial charge >= 0.3 is 0 Å². The Morgan fingerprint density at radius 3 is 2.86 bits per heavy atom. The fourth-order valence-electron chi connectivity index (χ4n) is 0.562. The fourth-order valence-corrected chi connectivity index (χ4v) is 2.31. The van der Waals surface area contributed by atoms with Crippen LogP contribution in [0, 0.1) is 0 Å². The Hall–Kier alpha value is 0.570. The summed E-state index contributed by atoms with van der Waals surface area (Å²) in [5.41, 5.74) is 0. The molecule has 1 heterocycles. The van der Waals surface area contributed by atoms with Crippen LogP contribution in [-0.4, -0.2) is 10.6 Å². The first-order valence-electron chi connectivity index (χ1n) is 2.24. The molecule has 2 heteroatoms. The van der Waals surface area contributed by atoms with Crippen molar-refractivity contribution in [1.82, 2.24) is 0 Å². The molecule has 0 aromatic rings. The summed E-state index contributed by atoms with van der Waals surface area (Å²) in [4.78, 5) is 2.08. The van der Waals surface area contributed by atoms with Gasteiger partial charge in [0.2, 0.25) is 0 Å². The summed E-state index contributed by atoms with van der Waals surface area (Å²) in [5.74, 6) is 1.21. The quantitative estimate of drug-likeness (QED) is 0.514. The molecule has 1 aliphatic heterocycles. The van der Waals surface area contributed by atoms with E-state index in [0.717, 1.165) is 0 Å². The van der Waals surface area contributed by atoms with E-state index in [1.807, 2.05) is 11.8 Å². The number of hydrogen-bond acceptors (Lipinski definition) is 1. The highest BCUT2D eigenvalue weighted by molar-refractivity contribution is 9.09. The summed E-state index contributed by atoms with van der Waals surface area (Å²) >= 11 is 5.40. The highest BCUT2D eigenvalue weighted by atomic mass is 79.9. The fraction of sp³-hybridized carbons (Fsp3) is 0.600. The molecule has 1 atom stereocenters. The van der Waals surface area contributed by atoms with Crippen molar-refractivity contribution >= 4 is 27.7 Å². The molecule has 0 radical (unpaired) electrons. The lowest BCUT2D eigenvalue weighted by Gasteiger charge is -1.86. The highest BCUT2D eigenvalue weighted by Gasteiger charge is 2.07. The Balaban J connectivity index is 2.50. The van der Waals surface area contributed by atoms with Gasteiger partial charge in [-0.3, -0.25) is 0 Å². The van der Waals surface area contributed by atoms with Crippen LogP contribution in [0.2, 0.25) is 0 Å². The SMILES string of the molecule is CC1=CC(Br)CS1. The van der Waals surface area contributed by atoms with Crippen molar-refractivity contribution in [2.24, 2.45) is 0 Å². The summed E-state index contributed by atoms with van der Waals surface area (Å²) in [7, 11) is 0. The monoisotopic (exact) mass is 178 g/mol. The Kier molecular flexibility index (Phi) is 1.81. The van der Waals surface area contributed by atoms with E-state index in [1.54, 1.807) is 0 Å². The van der Waals surface area contributed by atoms with Gasteiger partial charge in [-0.2, -0.15) is 0 Å². The zero-order chi connectivity index (χ0) is 5.28. The van der Waals surface area contributed by atoms with Crippen molar-refractivity contribution in [3.8, 4) is 0 Å². The van der Waals surface area contributed by atoms with Crippen molar-refractivity contribution in [3.05, 3.63) is 11.0 Å². The molecule has 0 fully saturated rings. The van der Waals surface area contributed by atoms with Gasteiger partial charge in [-0.05, 0) is 11.8 Å². The summed E-state index contributed by atoms with van der Waals surface area (Å²) in [5, 5.41) is 0. The van der Waals surface area contributed by atoms with Crippen molar-refractivity contribution in [1.29, 1.82) is 0 Å². The van der Waals surface area contributed by atoms with Gasteiger partial charge in [-0.25, -0.2) is 0 Å². The van der Waals surface area contributed by atoms with Crippen molar-refractivity contribution < 1.29 is 0 Å². The van der Waals surface area contributed by atoms with Crippen LogP contribution in [0.15, 0.2) is 11.0 Å². The van der Waals surface area contributed by atoms with Crippen LogP contribution in [0.4, 0.5) is 0 Å². The Morgan fingerprint density at radius 1 is 2.00 bits per heavy atom. The third-order valence-electron chi connectivity index (χ3n) is 0.886. The van der Waals surface area contributed by atoms with E-state index < -0.39 is 0 Å². The zero-order valence-electron chi connectivity index (χ0n) is 4.15. The summed E-state index contributed by atoms with van der Waals surface area (Å²) in [6.45, 7) is 2.14. The van der Waals surface area contributed by atoms with E-state index in [1.165, 1.54) is 10.7 Å². The van der Waals surface area contributed by atoms with E-state index in [-0.39, 0.29) is 0 Å². The largest absolute Gasteiger partial charge is 0.130 e. The molecule has 7 heavy (non-hydrogen) atoms. The van der Waals surface area contributed by atoms with Gasteiger partial charge in [0.25, 0.3) is 0 Å². The average Bonchev–Trinajstić information content (AvgIpc) is 1.87. The molecule has 40 valence electrons. The predicted octanol–water partition coefficient (Wildman–Crippen LogP) is 2.40. The number of rotatable bonds is 0. The molecule has 1 aliphatic rings. The van der Waals surface area contributed by atoms with Crippen LogP contribution in [0.5, 0.6) is 0 Å². The zero-order valence-corrected chi connectivity index (χ0v) is 6.55. The van der Waals surface area contributed by atoms with Crippen LogP contribution >= 0.6 is 27.7 Å². The highest BCUT2D eigenvalue weighted by Crippen LogP contribution is 2.27. The van der Waals surface area contributed by atoms with E-state index in [0.29, 0.717) is 4.83 Å². The molecule has 0 aromatic carbocycles. The van der Waals surface area contributed by atoms with E-state index in [2.05, 4.69) is 28.9 Å². The summed E-state index contributed by atoms with van der Waals surface area (Å²) < 4.78 is 0. The molecule has 0 N–H and O–H groups in total. The van der Waals surface area contributed by atoms with Crippen LogP contribution in [0.3, 0.4) is 0 Å². The molecule has 0 spiro atoms. The second-order valence-corrected chi connectivity index (χ2v) is 4.05. The number of alkyl halides is 1. The lowest BCUT2D eigenvalue weighted by molar-refractivity contribution is 1.32. The first-order chi connectivity index (χ1) is 3.29. The lowest BCUT2D eigenvalue weighted by atomic mass is 10.4. The number of thioether (sulfide) groups is 1. The van der Waals surface area contributed by atoms with Crippen LogP contribution in [-0.2, 0) is 0 Å². The van der Waals surface area contributed by atoms with Crippen LogP contribution in [0.1, 0.15) is 6.92 Å². The maximum atomic E-state index is 3.48. The van der Waals surface area contributed by atoms with Crippen LogP contribution < -0.4 is 0 Å². The lowest BCUT2D eigenvalue weighted by Crippen LogP contribution is -1.86. The third kappa shape index (κ3) is 1.50. The molecule has 0 nitrogen and oxygen atoms in total. The average molecular weight is 179 g/mol. The van der Waals surface area contributed by atoms with E-state index >= 15 is 0 Å². The smallest absolute Gasteiger partial charge is 0.0429 e. The molecule has 0 saturated carbocycles. The molecule has 0 saturated heterocycles. The minimum Gasteiger partial charge on any atom is -0.130 e.